The first-order chi connectivity index (χ1) is 12.2. The lowest BCUT2D eigenvalue weighted by molar-refractivity contribution is 0.150. The number of hydrogen-bond acceptors (Lipinski definition) is 4. The number of ether oxygens (including phenoxy) is 1. The van der Waals surface area contributed by atoms with Gasteiger partial charge in [-0.1, -0.05) is 30.6 Å². The molecule has 0 unspecified atom stereocenters. The van der Waals surface area contributed by atoms with Crippen LogP contribution in [-0.2, 0) is 4.84 Å². The molecule has 1 fully saturated rings. The summed E-state index contributed by atoms with van der Waals surface area (Å²) < 4.78 is 5.21. The Labute approximate surface area is 150 Å². The molecule has 1 amide bonds. The zero-order valence-corrected chi connectivity index (χ0v) is 15.4. The number of benzene rings is 1. The number of rotatable bonds is 6. The Morgan fingerprint density at radius 3 is 2.72 bits per heavy atom. The third kappa shape index (κ3) is 5.62. The van der Waals surface area contributed by atoms with Crippen molar-refractivity contribution in [2.45, 2.75) is 46.0 Å². The van der Waals surface area contributed by atoms with E-state index < -0.39 is 6.09 Å². The van der Waals surface area contributed by atoms with Crippen LogP contribution in [0, 0.1) is 5.92 Å². The highest BCUT2D eigenvalue weighted by atomic mass is 16.7. The summed E-state index contributed by atoms with van der Waals surface area (Å²) in [6.07, 6.45) is 6.95. The standard InChI is InChI=1S/C20H28N2O3/c1-4-7-16-8-6-9-17(19(16)22-25-20(23)21-5-2)14-15-10-12-18(24-3)13-11-15/h10-14,16H,4-9H2,1-3H3,(H,21,23)/b17-14+,22-19-/t16-/m0/s1. The molecule has 1 saturated carbocycles. The lowest BCUT2D eigenvalue weighted by Gasteiger charge is -2.25. The second-order valence-electron chi connectivity index (χ2n) is 6.21. The van der Waals surface area contributed by atoms with Gasteiger partial charge in [0.25, 0.3) is 0 Å². The third-order valence-corrected chi connectivity index (χ3v) is 4.36. The third-order valence-electron chi connectivity index (χ3n) is 4.36. The summed E-state index contributed by atoms with van der Waals surface area (Å²) >= 11 is 0. The van der Waals surface area contributed by atoms with E-state index in [-0.39, 0.29) is 0 Å². The Morgan fingerprint density at radius 1 is 1.32 bits per heavy atom. The van der Waals surface area contributed by atoms with E-state index in [0.717, 1.165) is 54.7 Å². The maximum Gasteiger partial charge on any atom is 0.433 e. The summed E-state index contributed by atoms with van der Waals surface area (Å²) in [5.74, 6) is 1.18. The summed E-state index contributed by atoms with van der Waals surface area (Å²) in [7, 11) is 1.66. The summed E-state index contributed by atoms with van der Waals surface area (Å²) in [4.78, 5) is 16.7. The van der Waals surface area contributed by atoms with Crippen LogP contribution >= 0.6 is 0 Å². The highest BCUT2D eigenvalue weighted by molar-refractivity contribution is 6.05. The van der Waals surface area contributed by atoms with Gasteiger partial charge in [-0.05, 0) is 62.0 Å². The number of methoxy groups -OCH3 is 1. The zero-order chi connectivity index (χ0) is 18.1. The zero-order valence-electron chi connectivity index (χ0n) is 15.4. The van der Waals surface area contributed by atoms with Gasteiger partial charge in [-0.3, -0.25) is 4.84 Å². The second kappa shape index (κ2) is 9.87. The molecule has 136 valence electrons. The van der Waals surface area contributed by atoms with Gasteiger partial charge in [0.1, 0.15) is 5.75 Å². The summed E-state index contributed by atoms with van der Waals surface area (Å²) in [6.45, 7) is 4.55. The molecule has 0 radical (unpaired) electrons. The quantitative estimate of drug-likeness (QED) is 0.597. The molecule has 2 rings (SSSR count). The van der Waals surface area contributed by atoms with Crippen molar-refractivity contribution >= 4 is 17.9 Å². The Kier molecular flexibility index (Phi) is 7.51. The van der Waals surface area contributed by atoms with Crippen molar-refractivity contribution in [1.29, 1.82) is 0 Å². The maximum absolute atomic E-state index is 11.6. The Balaban J connectivity index is 2.25. The Hall–Kier alpha value is -2.30. The molecule has 0 saturated heterocycles. The predicted octanol–water partition coefficient (Wildman–Crippen LogP) is 4.78. The molecule has 25 heavy (non-hydrogen) atoms. The molecule has 0 heterocycles. The lowest BCUT2D eigenvalue weighted by atomic mass is 9.80. The van der Waals surface area contributed by atoms with E-state index in [2.05, 4.69) is 23.5 Å². The topological polar surface area (TPSA) is 59.9 Å². The van der Waals surface area contributed by atoms with Gasteiger partial charge in [0.05, 0.1) is 12.8 Å². The molecule has 0 aliphatic heterocycles. The van der Waals surface area contributed by atoms with Gasteiger partial charge in [0.15, 0.2) is 0 Å². The number of hydrogen-bond donors (Lipinski definition) is 1. The van der Waals surface area contributed by atoms with Crippen LogP contribution in [0.5, 0.6) is 5.75 Å². The first-order valence-corrected chi connectivity index (χ1v) is 9.05. The van der Waals surface area contributed by atoms with Crippen molar-refractivity contribution in [1.82, 2.24) is 5.32 Å². The van der Waals surface area contributed by atoms with Gasteiger partial charge in [-0.2, -0.15) is 0 Å². The van der Waals surface area contributed by atoms with E-state index in [1.807, 2.05) is 31.2 Å². The fourth-order valence-corrected chi connectivity index (χ4v) is 3.14. The number of allylic oxidation sites excluding steroid dienone is 1. The first-order valence-electron chi connectivity index (χ1n) is 9.05. The van der Waals surface area contributed by atoms with E-state index in [0.29, 0.717) is 12.5 Å². The Bertz CT molecular complexity index is 618. The molecule has 5 heteroatoms. The van der Waals surface area contributed by atoms with Crippen molar-refractivity contribution < 1.29 is 14.4 Å². The molecule has 1 aliphatic carbocycles. The normalized spacial score (nSPS) is 20.5. The Morgan fingerprint density at radius 2 is 2.08 bits per heavy atom. The monoisotopic (exact) mass is 344 g/mol. The number of oxime groups is 1. The van der Waals surface area contributed by atoms with E-state index >= 15 is 0 Å². The summed E-state index contributed by atoms with van der Waals surface area (Å²) in [6, 6.07) is 7.94. The highest BCUT2D eigenvalue weighted by Crippen LogP contribution is 2.31. The lowest BCUT2D eigenvalue weighted by Crippen LogP contribution is -2.26. The van der Waals surface area contributed by atoms with Crippen molar-refractivity contribution in [3.05, 3.63) is 35.4 Å². The molecule has 1 N–H and O–H groups in total. The summed E-state index contributed by atoms with van der Waals surface area (Å²) in [5.41, 5.74) is 3.16. The van der Waals surface area contributed by atoms with Crippen LogP contribution in [0.15, 0.2) is 35.0 Å². The minimum Gasteiger partial charge on any atom is -0.497 e. The maximum atomic E-state index is 11.6. The van der Waals surface area contributed by atoms with Crippen LogP contribution in [0.2, 0.25) is 0 Å². The van der Waals surface area contributed by atoms with Crippen LogP contribution in [0.1, 0.15) is 51.5 Å². The fourth-order valence-electron chi connectivity index (χ4n) is 3.14. The van der Waals surface area contributed by atoms with Crippen LogP contribution in [0.3, 0.4) is 0 Å². The van der Waals surface area contributed by atoms with Crippen LogP contribution in [-0.4, -0.2) is 25.5 Å². The van der Waals surface area contributed by atoms with E-state index in [4.69, 9.17) is 9.57 Å². The average Bonchev–Trinajstić information content (AvgIpc) is 2.62. The van der Waals surface area contributed by atoms with Gasteiger partial charge in [0, 0.05) is 12.5 Å². The smallest absolute Gasteiger partial charge is 0.433 e. The molecular formula is C20H28N2O3. The second-order valence-corrected chi connectivity index (χ2v) is 6.21. The fraction of sp³-hybridized carbons (Fsp3) is 0.500. The molecule has 1 aliphatic rings. The molecule has 5 nitrogen and oxygen atoms in total. The van der Waals surface area contributed by atoms with Gasteiger partial charge in [-0.15, -0.1) is 0 Å². The number of nitrogens with zero attached hydrogens (tertiary/aromatic N) is 1. The SMILES string of the molecule is CCC[C@H]1CCCC(=C\c2ccc(OC)cc2)/C1=N\OC(=O)NCC. The predicted molar refractivity (Wildman–Crippen MR) is 101 cm³/mol. The molecule has 1 aromatic carbocycles. The van der Waals surface area contributed by atoms with Crippen molar-refractivity contribution in [3.8, 4) is 5.75 Å². The van der Waals surface area contributed by atoms with Crippen LogP contribution in [0.4, 0.5) is 4.79 Å². The number of nitrogens with one attached hydrogen (secondary N) is 1. The molecular weight excluding hydrogens is 316 g/mol. The molecule has 0 aromatic heterocycles. The summed E-state index contributed by atoms with van der Waals surface area (Å²) in [5, 5.41) is 6.83. The van der Waals surface area contributed by atoms with E-state index in [9.17, 15) is 4.79 Å². The average molecular weight is 344 g/mol. The van der Waals surface area contributed by atoms with Gasteiger partial charge >= 0.3 is 6.09 Å². The first kappa shape index (κ1) is 19.0. The minimum absolute atomic E-state index is 0.345. The van der Waals surface area contributed by atoms with Crippen LogP contribution < -0.4 is 10.1 Å². The molecule has 1 aromatic rings. The molecule has 0 bridgehead atoms. The number of amides is 1. The highest BCUT2D eigenvalue weighted by Gasteiger charge is 2.25. The van der Waals surface area contributed by atoms with Gasteiger partial charge in [-0.25, -0.2) is 4.79 Å². The van der Waals surface area contributed by atoms with Crippen molar-refractivity contribution in [2.75, 3.05) is 13.7 Å². The van der Waals surface area contributed by atoms with Crippen molar-refractivity contribution in [2.24, 2.45) is 11.1 Å². The number of carbonyl (C=O) groups is 1. The van der Waals surface area contributed by atoms with Gasteiger partial charge in [0.2, 0.25) is 0 Å². The van der Waals surface area contributed by atoms with E-state index in [1.54, 1.807) is 7.11 Å². The largest absolute Gasteiger partial charge is 0.497 e. The number of carbonyl (C=O) groups excluding carboxylic acids is 1. The van der Waals surface area contributed by atoms with Crippen LogP contribution in [0.25, 0.3) is 6.08 Å². The van der Waals surface area contributed by atoms with Crippen molar-refractivity contribution in [3.63, 3.8) is 0 Å². The molecule has 0 spiro atoms. The minimum atomic E-state index is -0.500. The van der Waals surface area contributed by atoms with E-state index in [1.165, 1.54) is 0 Å². The van der Waals surface area contributed by atoms with Gasteiger partial charge < -0.3 is 10.1 Å². The molecule has 1 atom stereocenters.